The number of carbonyl (C=O) groups is 1. The molecular formula is C15H14ClFN2O. The molecule has 0 fully saturated rings. The summed E-state index contributed by atoms with van der Waals surface area (Å²) in [5.74, 6) is -0.569. The molecule has 20 heavy (non-hydrogen) atoms. The first kappa shape index (κ1) is 14.3. The van der Waals surface area contributed by atoms with Gasteiger partial charge in [-0.25, -0.2) is 9.18 Å². The topological polar surface area (TPSA) is 41.1 Å². The smallest absolute Gasteiger partial charge is 0.319 e. The van der Waals surface area contributed by atoms with Crippen LogP contribution in [0.2, 0.25) is 5.02 Å². The van der Waals surface area contributed by atoms with Crippen molar-refractivity contribution in [2.75, 3.05) is 5.32 Å². The summed E-state index contributed by atoms with van der Waals surface area (Å²) >= 11 is 5.58. The van der Waals surface area contributed by atoms with Gasteiger partial charge >= 0.3 is 6.03 Å². The molecule has 0 saturated heterocycles. The van der Waals surface area contributed by atoms with Crippen molar-refractivity contribution in [1.29, 1.82) is 0 Å². The van der Waals surface area contributed by atoms with Crippen molar-refractivity contribution in [3.8, 4) is 0 Å². The van der Waals surface area contributed by atoms with Crippen LogP contribution in [0.4, 0.5) is 14.9 Å². The standard InChI is InChI=1S/C15H14ClFN2O/c1-10(11-5-3-2-4-6-11)18-15(20)19-12-7-8-13(16)14(17)9-12/h2-10H,1H3,(H2,18,19,20). The molecule has 0 radical (unpaired) electrons. The molecule has 0 aliphatic carbocycles. The van der Waals surface area contributed by atoms with Crippen molar-refractivity contribution in [3.05, 3.63) is 64.9 Å². The molecule has 2 aromatic rings. The third-order valence-corrected chi connectivity index (χ3v) is 3.13. The third-order valence-electron chi connectivity index (χ3n) is 2.82. The van der Waals surface area contributed by atoms with Crippen LogP contribution in [0.15, 0.2) is 48.5 Å². The van der Waals surface area contributed by atoms with Crippen LogP contribution < -0.4 is 10.6 Å². The number of hydrogen-bond acceptors (Lipinski definition) is 1. The van der Waals surface area contributed by atoms with Crippen LogP contribution >= 0.6 is 11.6 Å². The molecule has 0 bridgehead atoms. The Morgan fingerprint density at radius 1 is 1.20 bits per heavy atom. The number of carbonyl (C=O) groups excluding carboxylic acids is 1. The first-order valence-corrected chi connectivity index (χ1v) is 6.51. The second kappa shape index (κ2) is 6.39. The maximum absolute atomic E-state index is 13.3. The van der Waals surface area contributed by atoms with E-state index in [1.54, 1.807) is 0 Å². The van der Waals surface area contributed by atoms with Crippen molar-refractivity contribution in [3.63, 3.8) is 0 Å². The molecule has 1 atom stereocenters. The molecule has 3 nitrogen and oxygen atoms in total. The number of rotatable bonds is 3. The van der Waals surface area contributed by atoms with E-state index in [1.165, 1.54) is 18.2 Å². The zero-order valence-electron chi connectivity index (χ0n) is 10.9. The maximum Gasteiger partial charge on any atom is 0.319 e. The number of benzene rings is 2. The van der Waals surface area contributed by atoms with Crippen LogP contribution in [-0.4, -0.2) is 6.03 Å². The largest absolute Gasteiger partial charge is 0.331 e. The van der Waals surface area contributed by atoms with Gasteiger partial charge in [-0.2, -0.15) is 0 Å². The highest BCUT2D eigenvalue weighted by molar-refractivity contribution is 6.30. The molecule has 0 heterocycles. The van der Waals surface area contributed by atoms with Crippen molar-refractivity contribution >= 4 is 23.3 Å². The molecule has 2 rings (SSSR count). The quantitative estimate of drug-likeness (QED) is 0.867. The van der Waals surface area contributed by atoms with Crippen LogP contribution in [0.3, 0.4) is 0 Å². The van der Waals surface area contributed by atoms with Gasteiger partial charge in [0.25, 0.3) is 0 Å². The van der Waals surface area contributed by atoms with Gasteiger partial charge in [0.2, 0.25) is 0 Å². The summed E-state index contributed by atoms with van der Waals surface area (Å²) in [5.41, 5.74) is 1.34. The SMILES string of the molecule is CC(NC(=O)Nc1ccc(Cl)c(F)c1)c1ccccc1. The molecule has 0 saturated carbocycles. The minimum atomic E-state index is -0.569. The number of hydrogen-bond donors (Lipinski definition) is 2. The molecular weight excluding hydrogens is 279 g/mol. The zero-order chi connectivity index (χ0) is 14.5. The van der Waals surface area contributed by atoms with E-state index in [1.807, 2.05) is 37.3 Å². The fourth-order valence-corrected chi connectivity index (χ4v) is 1.88. The molecule has 5 heteroatoms. The summed E-state index contributed by atoms with van der Waals surface area (Å²) in [6.07, 6.45) is 0. The summed E-state index contributed by atoms with van der Waals surface area (Å²) in [6.45, 7) is 1.87. The third kappa shape index (κ3) is 3.71. The molecule has 0 aliphatic heterocycles. The van der Waals surface area contributed by atoms with Crippen LogP contribution in [0.5, 0.6) is 0 Å². The molecule has 2 N–H and O–H groups in total. The molecule has 1 unspecified atom stereocenters. The van der Waals surface area contributed by atoms with Crippen LogP contribution in [0.1, 0.15) is 18.5 Å². The second-order valence-electron chi connectivity index (χ2n) is 4.36. The summed E-state index contributed by atoms with van der Waals surface area (Å²) < 4.78 is 13.3. The van der Waals surface area contributed by atoms with Gasteiger partial charge in [0.15, 0.2) is 0 Å². The van der Waals surface area contributed by atoms with Crippen molar-refractivity contribution in [2.45, 2.75) is 13.0 Å². The fraction of sp³-hybridized carbons (Fsp3) is 0.133. The molecule has 2 aromatic carbocycles. The lowest BCUT2D eigenvalue weighted by molar-refractivity contribution is 0.249. The summed E-state index contributed by atoms with van der Waals surface area (Å²) in [7, 11) is 0. The number of amides is 2. The lowest BCUT2D eigenvalue weighted by Crippen LogP contribution is -2.31. The Morgan fingerprint density at radius 3 is 2.55 bits per heavy atom. The highest BCUT2D eigenvalue weighted by Crippen LogP contribution is 2.19. The summed E-state index contributed by atoms with van der Waals surface area (Å²) in [6, 6.07) is 13.1. The van der Waals surface area contributed by atoms with E-state index < -0.39 is 11.8 Å². The predicted molar refractivity (Wildman–Crippen MR) is 78.4 cm³/mol. The fourth-order valence-electron chi connectivity index (χ4n) is 1.76. The highest BCUT2D eigenvalue weighted by atomic mass is 35.5. The van der Waals surface area contributed by atoms with Gasteiger partial charge in [-0.3, -0.25) is 0 Å². The Bertz CT molecular complexity index is 604. The van der Waals surface area contributed by atoms with Gasteiger partial charge < -0.3 is 10.6 Å². The Balaban J connectivity index is 1.97. The number of urea groups is 1. The second-order valence-corrected chi connectivity index (χ2v) is 4.77. The van der Waals surface area contributed by atoms with Crippen molar-refractivity contribution in [2.24, 2.45) is 0 Å². The first-order valence-electron chi connectivity index (χ1n) is 6.14. The van der Waals surface area contributed by atoms with E-state index in [4.69, 9.17) is 11.6 Å². The highest BCUT2D eigenvalue weighted by Gasteiger charge is 2.10. The molecule has 104 valence electrons. The van der Waals surface area contributed by atoms with Crippen LogP contribution in [0.25, 0.3) is 0 Å². The summed E-state index contributed by atoms with van der Waals surface area (Å²) in [4.78, 5) is 11.8. The Morgan fingerprint density at radius 2 is 1.90 bits per heavy atom. The lowest BCUT2D eigenvalue weighted by atomic mass is 10.1. The predicted octanol–water partition coefficient (Wildman–Crippen LogP) is 4.36. The van der Waals surface area contributed by atoms with Gasteiger partial charge in [0.05, 0.1) is 11.1 Å². The van der Waals surface area contributed by atoms with Crippen molar-refractivity contribution in [1.82, 2.24) is 5.32 Å². The molecule has 0 aliphatic rings. The van der Waals surface area contributed by atoms with Gasteiger partial charge in [0.1, 0.15) is 5.82 Å². The van der Waals surface area contributed by atoms with E-state index in [2.05, 4.69) is 10.6 Å². The van der Waals surface area contributed by atoms with E-state index in [0.29, 0.717) is 5.69 Å². The summed E-state index contributed by atoms with van der Waals surface area (Å²) in [5, 5.41) is 5.36. The normalized spacial score (nSPS) is 11.8. The first-order chi connectivity index (χ1) is 9.56. The Labute approximate surface area is 121 Å². The van der Waals surface area contributed by atoms with Crippen molar-refractivity contribution < 1.29 is 9.18 Å². The lowest BCUT2D eigenvalue weighted by Gasteiger charge is -2.15. The molecule has 0 spiro atoms. The van der Waals surface area contributed by atoms with Crippen LogP contribution in [-0.2, 0) is 0 Å². The van der Waals surface area contributed by atoms with E-state index in [9.17, 15) is 9.18 Å². The van der Waals surface area contributed by atoms with Gasteiger partial charge in [0, 0.05) is 5.69 Å². The zero-order valence-corrected chi connectivity index (χ0v) is 11.6. The molecule has 2 amide bonds. The van der Waals surface area contributed by atoms with E-state index >= 15 is 0 Å². The van der Waals surface area contributed by atoms with E-state index in [0.717, 1.165) is 5.56 Å². The van der Waals surface area contributed by atoms with E-state index in [-0.39, 0.29) is 11.1 Å². The van der Waals surface area contributed by atoms with Gasteiger partial charge in [-0.15, -0.1) is 0 Å². The minimum Gasteiger partial charge on any atom is -0.331 e. The maximum atomic E-state index is 13.3. The Hall–Kier alpha value is -2.07. The average Bonchev–Trinajstić information content (AvgIpc) is 2.44. The minimum absolute atomic E-state index is 0.0219. The molecule has 0 aromatic heterocycles. The number of nitrogens with one attached hydrogen (secondary N) is 2. The average molecular weight is 293 g/mol. The van der Waals surface area contributed by atoms with Crippen LogP contribution in [0, 0.1) is 5.82 Å². The monoisotopic (exact) mass is 292 g/mol. The van der Waals surface area contributed by atoms with Gasteiger partial charge in [-0.1, -0.05) is 41.9 Å². The Kier molecular flexibility index (Phi) is 4.58. The number of halogens is 2. The number of anilines is 1. The van der Waals surface area contributed by atoms with Gasteiger partial charge in [-0.05, 0) is 30.7 Å².